The van der Waals surface area contributed by atoms with Crippen LogP contribution in [0.4, 0.5) is 5.69 Å². The first-order valence-electron chi connectivity index (χ1n) is 5.26. The van der Waals surface area contributed by atoms with E-state index < -0.39 is 0 Å². The van der Waals surface area contributed by atoms with E-state index in [4.69, 9.17) is 4.74 Å². The van der Waals surface area contributed by atoms with Gasteiger partial charge in [-0.2, -0.15) is 0 Å². The zero-order valence-corrected chi connectivity index (χ0v) is 9.21. The van der Waals surface area contributed by atoms with Gasteiger partial charge in [0.05, 0.1) is 12.3 Å². The van der Waals surface area contributed by atoms with Crippen LogP contribution in [0.5, 0.6) is 5.75 Å². The molecule has 0 fully saturated rings. The molecule has 0 amide bonds. The summed E-state index contributed by atoms with van der Waals surface area (Å²) in [5.74, 6) is 0.940. The summed E-state index contributed by atoms with van der Waals surface area (Å²) in [7, 11) is 0. The van der Waals surface area contributed by atoms with E-state index in [1.807, 2.05) is 25.1 Å². The molecule has 0 heterocycles. The van der Waals surface area contributed by atoms with Crippen molar-refractivity contribution in [2.45, 2.75) is 33.2 Å². The number of hydrogen-bond acceptors (Lipinski definition) is 2. The highest BCUT2D eigenvalue weighted by molar-refractivity contribution is 5.56. The molecule has 1 N–H and O–H groups in total. The normalized spacial score (nSPS) is 12.2. The minimum absolute atomic E-state index is 0.483. The van der Waals surface area contributed by atoms with E-state index in [2.05, 4.69) is 25.2 Å². The lowest BCUT2D eigenvalue weighted by Crippen LogP contribution is -2.14. The molecule has 0 bridgehead atoms. The van der Waals surface area contributed by atoms with Gasteiger partial charge in [0.25, 0.3) is 0 Å². The molecule has 2 heteroatoms. The summed E-state index contributed by atoms with van der Waals surface area (Å²) in [4.78, 5) is 0. The lowest BCUT2D eigenvalue weighted by atomic mass is 10.2. The Morgan fingerprint density at radius 3 is 2.64 bits per heavy atom. The van der Waals surface area contributed by atoms with Gasteiger partial charge in [-0.25, -0.2) is 0 Å². The Morgan fingerprint density at radius 1 is 1.29 bits per heavy atom. The van der Waals surface area contributed by atoms with Crippen LogP contribution in [0.1, 0.15) is 27.2 Å². The molecule has 1 rings (SSSR count). The fourth-order valence-corrected chi connectivity index (χ4v) is 1.23. The second-order valence-electron chi connectivity index (χ2n) is 3.38. The number of rotatable bonds is 5. The van der Waals surface area contributed by atoms with Crippen molar-refractivity contribution in [3.8, 4) is 5.75 Å². The summed E-state index contributed by atoms with van der Waals surface area (Å²) >= 11 is 0. The molecular formula is C12H19NO. The number of ether oxygens (including phenoxy) is 1. The number of nitrogens with one attached hydrogen (secondary N) is 1. The third-order valence-electron chi connectivity index (χ3n) is 2.20. The van der Waals surface area contributed by atoms with Crippen molar-refractivity contribution >= 4 is 5.69 Å². The van der Waals surface area contributed by atoms with Gasteiger partial charge >= 0.3 is 0 Å². The molecule has 0 aliphatic rings. The van der Waals surface area contributed by atoms with Gasteiger partial charge in [0, 0.05) is 6.04 Å². The van der Waals surface area contributed by atoms with Crippen LogP contribution >= 0.6 is 0 Å². The van der Waals surface area contributed by atoms with Crippen LogP contribution in [0.25, 0.3) is 0 Å². The SMILES string of the molecule is CCOc1ccccc1N[C@@H](C)CC. The van der Waals surface area contributed by atoms with Gasteiger partial charge in [0.15, 0.2) is 0 Å². The maximum Gasteiger partial charge on any atom is 0.142 e. The van der Waals surface area contributed by atoms with E-state index >= 15 is 0 Å². The number of anilines is 1. The predicted octanol–water partition coefficient (Wildman–Crippen LogP) is 3.30. The molecule has 0 saturated heterocycles. The van der Waals surface area contributed by atoms with Crippen molar-refractivity contribution in [2.24, 2.45) is 0 Å². The fraction of sp³-hybridized carbons (Fsp3) is 0.500. The average molecular weight is 193 g/mol. The highest BCUT2D eigenvalue weighted by atomic mass is 16.5. The van der Waals surface area contributed by atoms with Crippen LogP contribution < -0.4 is 10.1 Å². The number of hydrogen-bond donors (Lipinski definition) is 1. The zero-order chi connectivity index (χ0) is 10.4. The second kappa shape index (κ2) is 5.53. The maximum atomic E-state index is 5.52. The summed E-state index contributed by atoms with van der Waals surface area (Å²) < 4.78 is 5.52. The quantitative estimate of drug-likeness (QED) is 0.774. The monoisotopic (exact) mass is 193 g/mol. The number of para-hydroxylation sites is 2. The highest BCUT2D eigenvalue weighted by Gasteiger charge is 2.04. The van der Waals surface area contributed by atoms with Crippen LogP contribution in [-0.2, 0) is 0 Å². The summed E-state index contributed by atoms with van der Waals surface area (Å²) in [6.45, 7) is 7.04. The third kappa shape index (κ3) is 2.95. The van der Waals surface area contributed by atoms with Crippen molar-refractivity contribution in [2.75, 3.05) is 11.9 Å². The predicted molar refractivity (Wildman–Crippen MR) is 61.0 cm³/mol. The molecule has 0 aromatic heterocycles. The van der Waals surface area contributed by atoms with Gasteiger partial charge in [-0.3, -0.25) is 0 Å². The molecule has 0 saturated carbocycles. The third-order valence-corrected chi connectivity index (χ3v) is 2.20. The molecule has 14 heavy (non-hydrogen) atoms. The summed E-state index contributed by atoms with van der Waals surface area (Å²) in [5, 5.41) is 3.42. The van der Waals surface area contributed by atoms with E-state index in [1.54, 1.807) is 0 Å². The summed E-state index contributed by atoms with van der Waals surface area (Å²) in [6.07, 6.45) is 1.11. The van der Waals surface area contributed by atoms with Gasteiger partial charge in [0.1, 0.15) is 5.75 Å². The molecule has 0 spiro atoms. The zero-order valence-electron chi connectivity index (χ0n) is 9.21. The van der Waals surface area contributed by atoms with Gasteiger partial charge in [0.2, 0.25) is 0 Å². The Kier molecular flexibility index (Phi) is 4.30. The Bertz CT molecular complexity index is 273. The summed E-state index contributed by atoms with van der Waals surface area (Å²) in [5.41, 5.74) is 1.09. The van der Waals surface area contributed by atoms with E-state index in [1.165, 1.54) is 0 Å². The van der Waals surface area contributed by atoms with Crippen molar-refractivity contribution in [1.29, 1.82) is 0 Å². The van der Waals surface area contributed by atoms with Crippen molar-refractivity contribution in [3.63, 3.8) is 0 Å². The Labute approximate surface area is 86.3 Å². The van der Waals surface area contributed by atoms with Crippen LogP contribution in [0.3, 0.4) is 0 Å². The van der Waals surface area contributed by atoms with Crippen LogP contribution in [0.2, 0.25) is 0 Å². The molecule has 0 radical (unpaired) electrons. The van der Waals surface area contributed by atoms with Crippen molar-refractivity contribution < 1.29 is 4.74 Å². The van der Waals surface area contributed by atoms with Gasteiger partial charge in [-0.15, -0.1) is 0 Å². The minimum Gasteiger partial charge on any atom is -0.492 e. The van der Waals surface area contributed by atoms with Crippen molar-refractivity contribution in [1.82, 2.24) is 0 Å². The van der Waals surface area contributed by atoms with E-state index in [0.29, 0.717) is 12.6 Å². The molecule has 0 unspecified atom stereocenters. The van der Waals surface area contributed by atoms with Gasteiger partial charge in [-0.1, -0.05) is 19.1 Å². The maximum absolute atomic E-state index is 5.52. The van der Waals surface area contributed by atoms with Crippen LogP contribution in [-0.4, -0.2) is 12.6 Å². The average Bonchev–Trinajstić information content (AvgIpc) is 2.21. The second-order valence-corrected chi connectivity index (χ2v) is 3.38. The first kappa shape index (κ1) is 10.9. The van der Waals surface area contributed by atoms with E-state index in [9.17, 15) is 0 Å². The van der Waals surface area contributed by atoms with Gasteiger partial charge < -0.3 is 10.1 Å². The molecule has 1 aromatic rings. The largest absolute Gasteiger partial charge is 0.492 e. The number of benzene rings is 1. The Hall–Kier alpha value is -1.18. The standard InChI is InChI=1S/C12H19NO/c1-4-10(3)13-11-8-6-7-9-12(11)14-5-2/h6-10,13H,4-5H2,1-3H3/t10-/m0/s1. The lowest BCUT2D eigenvalue weighted by molar-refractivity contribution is 0.341. The molecule has 2 nitrogen and oxygen atoms in total. The molecule has 0 aliphatic carbocycles. The first-order valence-corrected chi connectivity index (χ1v) is 5.26. The molecule has 1 aromatic carbocycles. The smallest absolute Gasteiger partial charge is 0.142 e. The molecular weight excluding hydrogens is 174 g/mol. The molecule has 1 atom stereocenters. The molecule has 0 aliphatic heterocycles. The van der Waals surface area contributed by atoms with Crippen LogP contribution in [0.15, 0.2) is 24.3 Å². The first-order chi connectivity index (χ1) is 6.77. The Morgan fingerprint density at radius 2 is 2.00 bits per heavy atom. The minimum atomic E-state index is 0.483. The van der Waals surface area contributed by atoms with Crippen molar-refractivity contribution in [3.05, 3.63) is 24.3 Å². The van der Waals surface area contributed by atoms with Crippen LogP contribution in [0, 0.1) is 0 Å². The summed E-state index contributed by atoms with van der Waals surface area (Å²) in [6, 6.07) is 8.54. The fourth-order valence-electron chi connectivity index (χ4n) is 1.23. The highest BCUT2D eigenvalue weighted by Crippen LogP contribution is 2.24. The lowest BCUT2D eigenvalue weighted by Gasteiger charge is -2.16. The van der Waals surface area contributed by atoms with E-state index in [-0.39, 0.29) is 0 Å². The topological polar surface area (TPSA) is 21.3 Å². The Balaban J connectivity index is 2.73. The molecule has 78 valence electrons. The van der Waals surface area contributed by atoms with E-state index in [0.717, 1.165) is 17.9 Å². The van der Waals surface area contributed by atoms with Gasteiger partial charge in [-0.05, 0) is 32.4 Å².